The summed E-state index contributed by atoms with van der Waals surface area (Å²) >= 11 is 0. The predicted octanol–water partition coefficient (Wildman–Crippen LogP) is 3.29. The van der Waals surface area contributed by atoms with Gasteiger partial charge in [0, 0.05) is 6.04 Å². The topological polar surface area (TPSA) is 21.3 Å². The van der Waals surface area contributed by atoms with Crippen LogP contribution in [0.5, 0.6) is 5.75 Å². The van der Waals surface area contributed by atoms with Crippen molar-refractivity contribution in [2.24, 2.45) is 5.92 Å². The Balaban J connectivity index is 2.16. The molecule has 2 nitrogen and oxygen atoms in total. The van der Waals surface area contributed by atoms with Crippen molar-refractivity contribution in [1.82, 2.24) is 5.32 Å². The van der Waals surface area contributed by atoms with Gasteiger partial charge in [-0.2, -0.15) is 0 Å². The van der Waals surface area contributed by atoms with Crippen LogP contribution in [0.15, 0.2) is 18.2 Å². The first-order chi connectivity index (χ1) is 8.26. The molecular formula is C14H20FNO. The SMILES string of the molecule is CCCNC(c1ccc(F)c(OC)c1)C1CC1. The number of halogens is 1. The van der Waals surface area contributed by atoms with Gasteiger partial charge in [0.2, 0.25) is 0 Å². The minimum atomic E-state index is -0.290. The summed E-state index contributed by atoms with van der Waals surface area (Å²) < 4.78 is 18.4. The Morgan fingerprint density at radius 1 is 1.47 bits per heavy atom. The number of benzene rings is 1. The molecule has 1 atom stereocenters. The van der Waals surface area contributed by atoms with Crippen LogP contribution in [0.1, 0.15) is 37.8 Å². The fourth-order valence-corrected chi connectivity index (χ4v) is 2.16. The monoisotopic (exact) mass is 237 g/mol. The molecular weight excluding hydrogens is 217 g/mol. The second kappa shape index (κ2) is 5.50. The third kappa shape index (κ3) is 2.97. The zero-order valence-electron chi connectivity index (χ0n) is 10.5. The molecule has 1 fully saturated rings. The molecule has 0 aromatic heterocycles. The van der Waals surface area contributed by atoms with Gasteiger partial charge in [-0.25, -0.2) is 4.39 Å². The van der Waals surface area contributed by atoms with E-state index in [0.29, 0.717) is 17.7 Å². The van der Waals surface area contributed by atoms with E-state index in [2.05, 4.69) is 12.2 Å². The zero-order valence-corrected chi connectivity index (χ0v) is 10.5. The summed E-state index contributed by atoms with van der Waals surface area (Å²) in [5.74, 6) is 0.754. The second-order valence-corrected chi connectivity index (χ2v) is 4.66. The van der Waals surface area contributed by atoms with E-state index in [1.807, 2.05) is 12.1 Å². The van der Waals surface area contributed by atoms with Crippen molar-refractivity contribution >= 4 is 0 Å². The average Bonchev–Trinajstić information content (AvgIpc) is 3.16. The number of hydrogen-bond donors (Lipinski definition) is 1. The molecule has 0 spiro atoms. The van der Waals surface area contributed by atoms with Crippen LogP contribution in [0.25, 0.3) is 0 Å². The minimum Gasteiger partial charge on any atom is -0.494 e. The van der Waals surface area contributed by atoms with Crippen LogP contribution in [-0.2, 0) is 0 Å². The zero-order chi connectivity index (χ0) is 12.3. The summed E-state index contributed by atoms with van der Waals surface area (Å²) in [7, 11) is 1.51. The van der Waals surface area contributed by atoms with E-state index in [-0.39, 0.29) is 5.82 Å². The average molecular weight is 237 g/mol. The van der Waals surface area contributed by atoms with Gasteiger partial charge >= 0.3 is 0 Å². The Bertz CT molecular complexity index is 376. The molecule has 17 heavy (non-hydrogen) atoms. The quantitative estimate of drug-likeness (QED) is 0.819. The number of ether oxygens (including phenoxy) is 1. The summed E-state index contributed by atoms with van der Waals surface area (Å²) in [6.07, 6.45) is 3.64. The maximum atomic E-state index is 13.4. The van der Waals surface area contributed by atoms with Gasteiger partial charge in [-0.3, -0.25) is 0 Å². The van der Waals surface area contributed by atoms with Crippen LogP contribution in [0.3, 0.4) is 0 Å². The van der Waals surface area contributed by atoms with Gasteiger partial charge in [0.15, 0.2) is 11.6 Å². The lowest BCUT2D eigenvalue weighted by Gasteiger charge is -2.19. The highest BCUT2D eigenvalue weighted by Crippen LogP contribution is 2.41. The molecule has 0 saturated heterocycles. The van der Waals surface area contributed by atoms with E-state index in [1.165, 1.54) is 26.0 Å². The first-order valence-electron chi connectivity index (χ1n) is 6.33. The molecule has 1 unspecified atom stereocenters. The third-order valence-corrected chi connectivity index (χ3v) is 3.24. The van der Waals surface area contributed by atoms with E-state index < -0.39 is 0 Å². The molecule has 0 aliphatic heterocycles. The normalized spacial score (nSPS) is 16.9. The number of rotatable bonds is 6. The second-order valence-electron chi connectivity index (χ2n) is 4.66. The number of hydrogen-bond acceptors (Lipinski definition) is 2. The molecule has 1 aliphatic rings. The van der Waals surface area contributed by atoms with E-state index in [9.17, 15) is 4.39 Å². The van der Waals surface area contributed by atoms with Crippen molar-refractivity contribution < 1.29 is 9.13 Å². The Kier molecular flexibility index (Phi) is 4.00. The van der Waals surface area contributed by atoms with Crippen LogP contribution in [0.2, 0.25) is 0 Å². The molecule has 1 aliphatic carbocycles. The fourth-order valence-electron chi connectivity index (χ4n) is 2.16. The van der Waals surface area contributed by atoms with Crippen molar-refractivity contribution in [3.8, 4) is 5.75 Å². The van der Waals surface area contributed by atoms with Gasteiger partial charge in [0.1, 0.15) is 0 Å². The Morgan fingerprint density at radius 2 is 2.24 bits per heavy atom. The Labute approximate surface area is 102 Å². The molecule has 0 heterocycles. The van der Waals surface area contributed by atoms with Crippen molar-refractivity contribution in [3.63, 3.8) is 0 Å². The van der Waals surface area contributed by atoms with Crippen LogP contribution in [-0.4, -0.2) is 13.7 Å². The Morgan fingerprint density at radius 3 is 2.82 bits per heavy atom. The Hall–Kier alpha value is -1.09. The summed E-state index contributed by atoms with van der Waals surface area (Å²) in [4.78, 5) is 0. The smallest absolute Gasteiger partial charge is 0.165 e. The molecule has 94 valence electrons. The highest BCUT2D eigenvalue weighted by Gasteiger charge is 2.32. The van der Waals surface area contributed by atoms with E-state index in [4.69, 9.17) is 4.74 Å². The third-order valence-electron chi connectivity index (χ3n) is 3.24. The highest BCUT2D eigenvalue weighted by atomic mass is 19.1. The highest BCUT2D eigenvalue weighted by molar-refractivity contribution is 5.33. The summed E-state index contributed by atoms with van der Waals surface area (Å²) in [6.45, 7) is 3.16. The summed E-state index contributed by atoms with van der Waals surface area (Å²) in [6, 6.07) is 5.53. The van der Waals surface area contributed by atoms with Crippen molar-refractivity contribution in [2.45, 2.75) is 32.2 Å². The molecule has 0 radical (unpaired) electrons. The molecule has 0 amide bonds. The van der Waals surface area contributed by atoms with E-state index >= 15 is 0 Å². The summed E-state index contributed by atoms with van der Waals surface area (Å²) in [5, 5.41) is 3.54. The largest absolute Gasteiger partial charge is 0.494 e. The van der Waals surface area contributed by atoms with Crippen molar-refractivity contribution in [1.29, 1.82) is 0 Å². The van der Waals surface area contributed by atoms with Crippen LogP contribution < -0.4 is 10.1 Å². The van der Waals surface area contributed by atoms with E-state index in [1.54, 1.807) is 0 Å². The van der Waals surface area contributed by atoms with Crippen molar-refractivity contribution in [2.75, 3.05) is 13.7 Å². The van der Waals surface area contributed by atoms with E-state index in [0.717, 1.165) is 18.5 Å². The van der Waals surface area contributed by atoms with Gasteiger partial charge in [0.25, 0.3) is 0 Å². The maximum Gasteiger partial charge on any atom is 0.165 e. The molecule has 1 aromatic carbocycles. The van der Waals surface area contributed by atoms with Crippen LogP contribution >= 0.6 is 0 Å². The predicted molar refractivity (Wildman–Crippen MR) is 66.7 cm³/mol. The first kappa shape index (κ1) is 12.4. The fraction of sp³-hybridized carbons (Fsp3) is 0.571. The number of nitrogens with one attached hydrogen (secondary N) is 1. The standard InChI is InChI=1S/C14H20FNO/c1-3-8-16-14(10-4-5-10)11-6-7-12(15)13(9-11)17-2/h6-7,9-10,14,16H,3-5,8H2,1-2H3. The van der Waals surface area contributed by atoms with Crippen LogP contribution in [0.4, 0.5) is 4.39 Å². The van der Waals surface area contributed by atoms with Crippen molar-refractivity contribution in [3.05, 3.63) is 29.6 Å². The molecule has 1 aromatic rings. The van der Waals surface area contributed by atoms with Gasteiger partial charge in [-0.05, 0) is 49.4 Å². The molecule has 1 saturated carbocycles. The lowest BCUT2D eigenvalue weighted by Crippen LogP contribution is -2.23. The van der Waals surface area contributed by atoms with Crippen LogP contribution in [0, 0.1) is 11.7 Å². The van der Waals surface area contributed by atoms with Gasteiger partial charge in [0.05, 0.1) is 7.11 Å². The van der Waals surface area contributed by atoms with Gasteiger partial charge in [-0.15, -0.1) is 0 Å². The van der Waals surface area contributed by atoms with Gasteiger partial charge in [-0.1, -0.05) is 13.0 Å². The molecule has 1 N–H and O–H groups in total. The minimum absolute atomic E-state index is 0.290. The molecule has 0 bridgehead atoms. The lowest BCUT2D eigenvalue weighted by atomic mass is 10.0. The first-order valence-corrected chi connectivity index (χ1v) is 6.33. The molecule has 2 rings (SSSR count). The summed E-state index contributed by atoms with van der Waals surface area (Å²) in [5.41, 5.74) is 1.14. The molecule has 3 heteroatoms. The maximum absolute atomic E-state index is 13.4. The number of methoxy groups -OCH3 is 1. The lowest BCUT2D eigenvalue weighted by molar-refractivity contribution is 0.383. The van der Waals surface area contributed by atoms with Gasteiger partial charge < -0.3 is 10.1 Å².